The second-order valence-corrected chi connectivity index (χ2v) is 3.13. The van der Waals surface area contributed by atoms with E-state index in [-0.39, 0.29) is 25.5 Å². The number of hydrogen-bond acceptors (Lipinski definition) is 4. The molecule has 1 aromatic heterocycles. The van der Waals surface area contributed by atoms with E-state index < -0.39 is 12.6 Å². The number of alkyl halides is 3. The average Bonchev–Trinajstić information content (AvgIpc) is 2.23. The number of nitrogens with two attached hydrogens (primary N) is 1. The minimum atomic E-state index is -4.15. The van der Waals surface area contributed by atoms with Crippen molar-refractivity contribution in [2.75, 3.05) is 6.61 Å². The van der Waals surface area contributed by atoms with E-state index in [1.807, 2.05) is 0 Å². The molecule has 0 saturated carbocycles. The Balaban J connectivity index is 2.37. The highest BCUT2D eigenvalue weighted by Gasteiger charge is 2.26. The molecule has 1 rings (SSSR count). The fraction of sp³-hybridized carbons (Fsp3) is 0.556. The Morgan fingerprint density at radius 2 is 2.12 bits per heavy atom. The lowest BCUT2D eigenvalue weighted by molar-refractivity contribution is -0.136. The normalized spacial score (nSPS) is 11.5. The molecule has 0 bridgehead atoms. The minimum Gasteiger partial charge on any atom is -0.476 e. The molecule has 0 amide bonds. The number of ether oxygens (including phenoxy) is 1. The Kier molecular flexibility index (Phi) is 4.48. The summed E-state index contributed by atoms with van der Waals surface area (Å²) >= 11 is 0. The van der Waals surface area contributed by atoms with Crippen LogP contribution in [0.1, 0.15) is 18.4 Å². The summed E-state index contributed by atoms with van der Waals surface area (Å²) in [5, 5.41) is 7.22. The Morgan fingerprint density at radius 3 is 2.75 bits per heavy atom. The number of nitrogens with zero attached hydrogens (tertiary/aromatic N) is 2. The molecular weight excluding hydrogens is 223 g/mol. The maximum absolute atomic E-state index is 11.8. The van der Waals surface area contributed by atoms with Crippen molar-refractivity contribution in [2.45, 2.75) is 25.6 Å². The molecule has 90 valence electrons. The zero-order valence-corrected chi connectivity index (χ0v) is 8.50. The molecular formula is C9H12F3N3O. The van der Waals surface area contributed by atoms with Crippen LogP contribution in [0.25, 0.3) is 0 Å². The van der Waals surface area contributed by atoms with Gasteiger partial charge in [0.25, 0.3) is 0 Å². The van der Waals surface area contributed by atoms with Gasteiger partial charge in [0.2, 0.25) is 5.88 Å². The average molecular weight is 235 g/mol. The third-order valence-electron chi connectivity index (χ3n) is 1.83. The first-order chi connectivity index (χ1) is 7.53. The zero-order valence-electron chi connectivity index (χ0n) is 8.50. The van der Waals surface area contributed by atoms with Crippen molar-refractivity contribution in [3.8, 4) is 5.88 Å². The number of halogens is 3. The summed E-state index contributed by atoms with van der Waals surface area (Å²) in [6, 6.07) is 1.62. The highest BCUT2D eigenvalue weighted by Crippen LogP contribution is 2.21. The first-order valence-corrected chi connectivity index (χ1v) is 4.73. The Hall–Kier alpha value is -1.37. The van der Waals surface area contributed by atoms with Crippen LogP contribution in [0.15, 0.2) is 12.3 Å². The first-order valence-electron chi connectivity index (χ1n) is 4.73. The molecule has 0 aliphatic heterocycles. The van der Waals surface area contributed by atoms with Gasteiger partial charge in [-0.2, -0.15) is 18.3 Å². The fourth-order valence-electron chi connectivity index (χ4n) is 1.06. The van der Waals surface area contributed by atoms with Gasteiger partial charge >= 0.3 is 6.18 Å². The molecule has 1 aromatic rings. The van der Waals surface area contributed by atoms with E-state index in [4.69, 9.17) is 10.5 Å². The molecule has 0 saturated heterocycles. The van der Waals surface area contributed by atoms with Crippen LogP contribution in [0.4, 0.5) is 13.2 Å². The molecule has 0 aliphatic carbocycles. The van der Waals surface area contributed by atoms with Crippen LogP contribution in [0, 0.1) is 0 Å². The van der Waals surface area contributed by atoms with E-state index in [2.05, 4.69) is 10.2 Å². The Bertz CT molecular complexity index is 330. The Morgan fingerprint density at radius 1 is 1.38 bits per heavy atom. The van der Waals surface area contributed by atoms with E-state index in [1.54, 1.807) is 6.07 Å². The standard InChI is InChI=1S/C9H12F3N3O/c10-9(11,12)3-1-5-16-8-7(6-13)2-4-14-15-8/h2,4H,1,3,5-6,13H2. The number of rotatable bonds is 5. The van der Waals surface area contributed by atoms with Crippen LogP contribution in [-0.2, 0) is 6.54 Å². The van der Waals surface area contributed by atoms with Gasteiger partial charge in [0.05, 0.1) is 12.8 Å². The van der Waals surface area contributed by atoms with E-state index in [1.165, 1.54) is 6.20 Å². The summed E-state index contributed by atoms with van der Waals surface area (Å²) in [6.07, 6.45) is -3.68. The van der Waals surface area contributed by atoms with Crippen molar-refractivity contribution in [1.82, 2.24) is 10.2 Å². The van der Waals surface area contributed by atoms with Gasteiger partial charge in [0.1, 0.15) is 0 Å². The summed E-state index contributed by atoms with van der Waals surface area (Å²) in [5.74, 6) is 0.201. The second-order valence-electron chi connectivity index (χ2n) is 3.13. The molecule has 0 atom stereocenters. The fourth-order valence-corrected chi connectivity index (χ4v) is 1.06. The summed E-state index contributed by atoms with van der Waals surface area (Å²) in [7, 11) is 0. The summed E-state index contributed by atoms with van der Waals surface area (Å²) in [6.45, 7) is 0.162. The summed E-state index contributed by atoms with van der Waals surface area (Å²) in [4.78, 5) is 0. The zero-order chi connectivity index (χ0) is 12.0. The van der Waals surface area contributed by atoms with Gasteiger partial charge in [-0.05, 0) is 12.5 Å². The lowest BCUT2D eigenvalue weighted by atomic mass is 10.3. The van der Waals surface area contributed by atoms with Gasteiger partial charge in [0, 0.05) is 18.5 Å². The molecule has 4 nitrogen and oxygen atoms in total. The van der Waals surface area contributed by atoms with E-state index >= 15 is 0 Å². The van der Waals surface area contributed by atoms with Crippen molar-refractivity contribution < 1.29 is 17.9 Å². The van der Waals surface area contributed by atoms with Gasteiger partial charge < -0.3 is 10.5 Å². The highest BCUT2D eigenvalue weighted by molar-refractivity contribution is 5.22. The summed E-state index contributed by atoms with van der Waals surface area (Å²) < 4.78 is 40.5. The monoisotopic (exact) mass is 235 g/mol. The van der Waals surface area contributed by atoms with E-state index in [9.17, 15) is 13.2 Å². The smallest absolute Gasteiger partial charge is 0.389 e. The van der Waals surface area contributed by atoms with E-state index in [0.717, 1.165) is 0 Å². The molecule has 0 radical (unpaired) electrons. The second kappa shape index (κ2) is 5.64. The lowest BCUT2D eigenvalue weighted by Gasteiger charge is -2.09. The van der Waals surface area contributed by atoms with Gasteiger partial charge in [-0.1, -0.05) is 0 Å². The topological polar surface area (TPSA) is 61.0 Å². The third-order valence-corrected chi connectivity index (χ3v) is 1.83. The molecule has 0 spiro atoms. The van der Waals surface area contributed by atoms with E-state index in [0.29, 0.717) is 5.56 Å². The van der Waals surface area contributed by atoms with Crippen molar-refractivity contribution in [2.24, 2.45) is 5.73 Å². The van der Waals surface area contributed by atoms with Gasteiger partial charge in [-0.15, -0.1) is 5.10 Å². The molecule has 2 N–H and O–H groups in total. The highest BCUT2D eigenvalue weighted by atomic mass is 19.4. The quantitative estimate of drug-likeness (QED) is 0.788. The molecule has 16 heavy (non-hydrogen) atoms. The number of aromatic nitrogens is 2. The van der Waals surface area contributed by atoms with Crippen LogP contribution >= 0.6 is 0 Å². The molecule has 7 heteroatoms. The third kappa shape index (κ3) is 4.43. The molecule has 0 aliphatic rings. The van der Waals surface area contributed by atoms with Crippen LogP contribution in [-0.4, -0.2) is 23.0 Å². The van der Waals surface area contributed by atoms with Crippen molar-refractivity contribution >= 4 is 0 Å². The summed E-state index contributed by atoms with van der Waals surface area (Å²) in [5.41, 5.74) is 6.02. The SMILES string of the molecule is NCc1ccnnc1OCCCC(F)(F)F. The molecule has 1 heterocycles. The maximum Gasteiger partial charge on any atom is 0.389 e. The van der Waals surface area contributed by atoms with Crippen LogP contribution in [0.2, 0.25) is 0 Å². The van der Waals surface area contributed by atoms with Crippen LogP contribution in [0.5, 0.6) is 5.88 Å². The molecule has 0 unspecified atom stereocenters. The minimum absolute atomic E-state index is 0.0504. The van der Waals surface area contributed by atoms with Crippen molar-refractivity contribution in [1.29, 1.82) is 0 Å². The van der Waals surface area contributed by atoms with Crippen molar-refractivity contribution in [3.05, 3.63) is 17.8 Å². The predicted octanol–water partition coefficient (Wildman–Crippen LogP) is 1.66. The number of hydrogen-bond donors (Lipinski definition) is 1. The first kappa shape index (κ1) is 12.7. The van der Waals surface area contributed by atoms with Gasteiger partial charge in [-0.3, -0.25) is 0 Å². The van der Waals surface area contributed by atoms with Gasteiger partial charge in [0.15, 0.2) is 0 Å². The largest absolute Gasteiger partial charge is 0.476 e. The molecule has 0 fully saturated rings. The van der Waals surface area contributed by atoms with Crippen LogP contribution in [0.3, 0.4) is 0 Å². The predicted molar refractivity (Wildman–Crippen MR) is 50.7 cm³/mol. The lowest BCUT2D eigenvalue weighted by Crippen LogP contribution is -2.11. The van der Waals surface area contributed by atoms with Crippen LogP contribution < -0.4 is 10.5 Å². The molecule has 0 aromatic carbocycles. The maximum atomic E-state index is 11.8. The Labute approximate surface area is 90.6 Å². The van der Waals surface area contributed by atoms with Crippen molar-refractivity contribution in [3.63, 3.8) is 0 Å². The van der Waals surface area contributed by atoms with Gasteiger partial charge in [-0.25, -0.2) is 0 Å².